The number of hydrogen-bond acceptors (Lipinski definition) is 6. The van der Waals surface area contributed by atoms with Gasteiger partial charge in [0, 0.05) is 11.5 Å². The van der Waals surface area contributed by atoms with E-state index in [1.54, 1.807) is 18.2 Å². The average Bonchev–Trinajstić information content (AvgIpc) is 2.84. The van der Waals surface area contributed by atoms with Crippen molar-refractivity contribution in [1.29, 1.82) is 0 Å². The highest BCUT2D eigenvalue weighted by Gasteiger charge is 2.51. The van der Waals surface area contributed by atoms with Crippen LogP contribution in [-0.2, 0) is 19.8 Å². The topological polar surface area (TPSA) is 75.0 Å². The predicted molar refractivity (Wildman–Crippen MR) is 82.6 cm³/mol. The number of benzene rings is 1. The molecule has 0 amide bonds. The summed E-state index contributed by atoms with van der Waals surface area (Å²) in [6, 6.07) is 6.37. The van der Waals surface area contributed by atoms with E-state index in [4.69, 9.17) is 13.7 Å². The molecule has 1 aliphatic rings. The summed E-state index contributed by atoms with van der Waals surface area (Å²) in [4.78, 5) is 0. The van der Waals surface area contributed by atoms with Crippen LogP contribution in [0.3, 0.4) is 0 Å². The molecule has 1 aliphatic heterocycles. The van der Waals surface area contributed by atoms with Gasteiger partial charge in [-0.25, -0.2) is 0 Å². The van der Waals surface area contributed by atoms with E-state index in [2.05, 4.69) is 4.18 Å². The Hall–Kier alpha value is -1.58. The number of fused-ring (bicyclic) bond motifs is 1. The second-order valence-electron chi connectivity index (χ2n) is 6.43. The summed E-state index contributed by atoms with van der Waals surface area (Å²) >= 11 is 0. The fraction of sp³-hybridized carbons (Fsp3) is 0.429. The maximum absolute atomic E-state index is 12.5. The molecule has 0 aliphatic carbocycles. The molecule has 9 heteroatoms. The summed E-state index contributed by atoms with van der Waals surface area (Å²) in [7, 11) is -5.69. The van der Waals surface area contributed by atoms with Crippen LogP contribution in [-0.4, -0.2) is 26.7 Å². The van der Waals surface area contributed by atoms with Crippen LogP contribution >= 0.6 is 0 Å². The zero-order valence-electron chi connectivity index (χ0n) is 13.1. The second-order valence-corrected chi connectivity index (χ2v) is 7.38. The lowest BCUT2D eigenvalue weighted by Gasteiger charge is -2.32. The quantitative estimate of drug-likeness (QED) is 0.630. The van der Waals surface area contributed by atoms with Crippen molar-refractivity contribution >= 4 is 34.1 Å². The highest BCUT2D eigenvalue weighted by atomic mass is 32.3. The molecular formula is C14H16BFO6S. The largest absolute Gasteiger partial charge is 0.494 e. The van der Waals surface area contributed by atoms with E-state index >= 15 is 0 Å². The second kappa shape index (κ2) is 4.96. The van der Waals surface area contributed by atoms with Gasteiger partial charge in [0.05, 0.1) is 11.2 Å². The maximum Gasteiger partial charge on any atom is 0.494 e. The van der Waals surface area contributed by atoms with E-state index in [0.717, 1.165) is 5.46 Å². The van der Waals surface area contributed by atoms with Crippen LogP contribution in [0.4, 0.5) is 3.89 Å². The normalized spacial score (nSPS) is 20.1. The Balaban J connectivity index is 1.92. The lowest BCUT2D eigenvalue weighted by atomic mass is 9.79. The van der Waals surface area contributed by atoms with Crippen molar-refractivity contribution in [2.24, 2.45) is 0 Å². The molecule has 3 rings (SSSR count). The predicted octanol–water partition coefficient (Wildman–Crippen LogP) is 2.33. The zero-order valence-corrected chi connectivity index (χ0v) is 13.9. The zero-order chi connectivity index (χ0) is 17.0. The van der Waals surface area contributed by atoms with Crippen LogP contribution in [0, 0.1) is 0 Å². The summed E-state index contributed by atoms with van der Waals surface area (Å²) in [6.45, 7) is 7.78. The first-order valence-corrected chi connectivity index (χ1v) is 8.31. The van der Waals surface area contributed by atoms with Gasteiger partial charge in [0.25, 0.3) is 0 Å². The molecule has 2 heterocycles. The molecule has 2 aromatic rings. The van der Waals surface area contributed by atoms with Gasteiger partial charge >= 0.3 is 23.6 Å². The summed E-state index contributed by atoms with van der Waals surface area (Å²) in [5.41, 5.74) is 0.162. The number of halogens is 1. The molecule has 1 saturated heterocycles. The first-order valence-electron chi connectivity index (χ1n) is 7.00. The monoisotopic (exact) mass is 342 g/mol. The van der Waals surface area contributed by atoms with Gasteiger partial charge in [0.15, 0.2) is 0 Å². The molecule has 0 N–H and O–H groups in total. The van der Waals surface area contributed by atoms with Gasteiger partial charge in [-0.2, -0.15) is 8.42 Å². The fourth-order valence-corrected chi connectivity index (χ4v) is 2.58. The third-order valence-electron chi connectivity index (χ3n) is 4.22. The van der Waals surface area contributed by atoms with Crippen LogP contribution in [0.1, 0.15) is 27.7 Å². The highest BCUT2D eigenvalue weighted by molar-refractivity contribution is 7.81. The minimum atomic E-state index is -5.12. The first-order chi connectivity index (χ1) is 10.5. The van der Waals surface area contributed by atoms with Crippen molar-refractivity contribution in [3.05, 3.63) is 24.3 Å². The van der Waals surface area contributed by atoms with E-state index in [1.165, 1.54) is 6.07 Å². The molecule has 0 atom stereocenters. The fourth-order valence-electron chi connectivity index (χ4n) is 2.30. The third kappa shape index (κ3) is 3.08. The van der Waals surface area contributed by atoms with E-state index in [-0.39, 0.29) is 0 Å². The number of furan rings is 1. The molecule has 1 aromatic carbocycles. The van der Waals surface area contributed by atoms with Gasteiger partial charge in [-0.15, -0.1) is 0 Å². The lowest BCUT2D eigenvalue weighted by Crippen LogP contribution is -2.41. The summed E-state index contributed by atoms with van der Waals surface area (Å²) < 4.78 is 54.7. The van der Waals surface area contributed by atoms with Crippen LogP contribution in [0.5, 0.6) is 5.95 Å². The van der Waals surface area contributed by atoms with Crippen molar-refractivity contribution in [3.8, 4) is 5.95 Å². The van der Waals surface area contributed by atoms with Crippen molar-refractivity contribution in [1.82, 2.24) is 0 Å². The van der Waals surface area contributed by atoms with E-state index in [1.807, 2.05) is 27.7 Å². The molecule has 6 nitrogen and oxygen atoms in total. The Morgan fingerprint density at radius 1 is 1.09 bits per heavy atom. The van der Waals surface area contributed by atoms with E-state index in [9.17, 15) is 12.3 Å². The highest BCUT2D eigenvalue weighted by Crippen LogP contribution is 2.36. The molecule has 1 fully saturated rings. The molecule has 23 heavy (non-hydrogen) atoms. The lowest BCUT2D eigenvalue weighted by molar-refractivity contribution is 0.00578. The summed E-state index contributed by atoms with van der Waals surface area (Å²) in [5.74, 6) is -0.437. The molecule has 1 aromatic heterocycles. The Labute approximate surface area is 134 Å². The molecule has 0 radical (unpaired) electrons. The minimum Gasteiger partial charge on any atom is -0.425 e. The summed E-state index contributed by atoms with van der Waals surface area (Å²) in [5, 5.41) is 0.552. The van der Waals surface area contributed by atoms with Crippen LogP contribution in [0.15, 0.2) is 28.7 Å². The SMILES string of the molecule is CC1(C)OB(c2ccc3oc(OS(=O)(=O)F)cc3c2)OC1(C)C. The maximum atomic E-state index is 12.5. The smallest absolute Gasteiger partial charge is 0.425 e. The van der Waals surface area contributed by atoms with Gasteiger partial charge in [0.2, 0.25) is 0 Å². The van der Waals surface area contributed by atoms with Crippen LogP contribution in [0.25, 0.3) is 11.0 Å². The van der Waals surface area contributed by atoms with Crippen molar-refractivity contribution in [2.45, 2.75) is 38.9 Å². The standard InChI is InChI=1S/C14H16BFO6S/c1-13(2)14(3,4)22-15(21-13)10-5-6-11-9(7-10)8-12(19-11)20-23(16,17)18/h5-8H,1-4H3. The van der Waals surface area contributed by atoms with Crippen molar-refractivity contribution in [2.75, 3.05) is 0 Å². The van der Waals surface area contributed by atoms with Gasteiger partial charge < -0.3 is 17.9 Å². The van der Waals surface area contributed by atoms with Crippen LogP contribution in [0.2, 0.25) is 0 Å². The van der Waals surface area contributed by atoms with Gasteiger partial charge in [0.1, 0.15) is 5.58 Å². The Bertz CT molecular complexity index is 841. The number of rotatable bonds is 3. The van der Waals surface area contributed by atoms with Gasteiger partial charge in [-0.3, -0.25) is 0 Å². The summed E-state index contributed by atoms with van der Waals surface area (Å²) in [6.07, 6.45) is 0. The van der Waals surface area contributed by atoms with Crippen molar-refractivity contribution in [3.63, 3.8) is 0 Å². The van der Waals surface area contributed by atoms with Crippen LogP contribution < -0.4 is 9.65 Å². The Morgan fingerprint density at radius 2 is 1.70 bits per heavy atom. The average molecular weight is 342 g/mol. The molecule has 0 bridgehead atoms. The third-order valence-corrected chi connectivity index (χ3v) is 4.59. The van der Waals surface area contributed by atoms with Gasteiger partial charge in [-0.1, -0.05) is 16.0 Å². The molecule has 0 saturated carbocycles. The Morgan fingerprint density at radius 3 is 2.26 bits per heavy atom. The number of hydrogen-bond donors (Lipinski definition) is 0. The minimum absolute atomic E-state index is 0.365. The van der Waals surface area contributed by atoms with Crippen molar-refractivity contribution < 1.29 is 30.2 Å². The first kappa shape index (κ1) is 16.3. The van der Waals surface area contributed by atoms with E-state index in [0.29, 0.717) is 11.0 Å². The van der Waals surface area contributed by atoms with E-state index < -0.39 is 34.8 Å². The molecular weight excluding hydrogens is 326 g/mol. The Kier molecular flexibility index (Phi) is 3.51. The molecule has 0 unspecified atom stereocenters. The van der Waals surface area contributed by atoms with Gasteiger partial charge in [-0.05, 0) is 39.2 Å². The molecule has 124 valence electrons. The molecule has 0 spiro atoms.